The fraction of sp³-hybridized carbons (Fsp3) is 0.578. The number of anilines is 3. The van der Waals surface area contributed by atoms with E-state index >= 15 is 8.78 Å². The van der Waals surface area contributed by atoms with Gasteiger partial charge in [0.25, 0.3) is 11.1 Å². The van der Waals surface area contributed by atoms with Crippen LogP contribution in [0.2, 0.25) is 0 Å². The lowest BCUT2D eigenvalue weighted by Gasteiger charge is -2.27. The molecule has 68 heavy (non-hydrogen) atoms. The molecule has 2 aliphatic carbocycles. The van der Waals surface area contributed by atoms with Crippen molar-refractivity contribution in [3.8, 4) is 5.75 Å². The second-order valence-corrected chi connectivity index (χ2v) is 22.8. The number of aryl methyl sites for hydroxylation is 2. The van der Waals surface area contributed by atoms with Gasteiger partial charge < -0.3 is 38.9 Å². The lowest BCUT2D eigenvalue weighted by Crippen LogP contribution is -2.42. The smallest absolute Gasteiger partial charge is 0.444 e. The van der Waals surface area contributed by atoms with E-state index < -0.39 is 60.3 Å². The predicted octanol–water partition coefficient (Wildman–Crippen LogP) is 7.08. The first-order valence-corrected chi connectivity index (χ1v) is 25.8. The Hall–Kier alpha value is -5.16. The number of rotatable bonds is 11. The van der Waals surface area contributed by atoms with Crippen LogP contribution in [0.15, 0.2) is 33.9 Å². The number of carbonyl (C=O) groups is 1. The maximum atomic E-state index is 15.6. The molecule has 23 heteroatoms. The van der Waals surface area contributed by atoms with Crippen molar-refractivity contribution >= 4 is 65.1 Å². The molecule has 4 heterocycles. The summed E-state index contributed by atoms with van der Waals surface area (Å²) in [4.78, 5) is 41.7. The number of alkyl halides is 3. The lowest BCUT2D eigenvalue weighted by atomic mass is 10.0. The molecule has 0 unspecified atom stereocenters. The molecule has 2 aliphatic heterocycles. The first-order chi connectivity index (χ1) is 31.5. The summed E-state index contributed by atoms with van der Waals surface area (Å²) >= 11 is 0. The number of alkyl carbamates (subject to hydrolysis) is 1. The molecule has 16 nitrogen and oxygen atoms in total. The lowest BCUT2D eigenvalue weighted by molar-refractivity contribution is -0.0499. The van der Waals surface area contributed by atoms with E-state index in [2.05, 4.69) is 14.2 Å². The highest BCUT2D eigenvalue weighted by Gasteiger charge is 2.49. The van der Waals surface area contributed by atoms with Crippen LogP contribution in [-0.4, -0.2) is 87.7 Å². The largest absolute Gasteiger partial charge is 0.534 e. The minimum Gasteiger partial charge on any atom is -0.444 e. The Balaban J connectivity index is 0.000000210. The van der Waals surface area contributed by atoms with Crippen LogP contribution in [0.25, 0.3) is 21.8 Å². The first-order valence-electron chi connectivity index (χ1n) is 22.5. The molecule has 4 atom stereocenters. The number of fused-ring (bicyclic) bond motifs is 2. The van der Waals surface area contributed by atoms with Gasteiger partial charge in [0.05, 0.1) is 34.4 Å². The van der Waals surface area contributed by atoms with E-state index in [4.69, 9.17) is 10.5 Å². The van der Waals surface area contributed by atoms with E-state index in [0.717, 1.165) is 31.6 Å². The van der Waals surface area contributed by atoms with Crippen molar-refractivity contribution in [3.63, 3.8) is 0 Å². The summed E-state index contributed by atoms with van der Waals surface area (Å²) in [6, 6.07) is 3.72. The zero-order valence-corrected chi connectivity index (χ0v) is 40.7. The highest BCUT2D eigenvalue weighted by Crippen LogP contribution is 2.44. The van der Waals surface area contributed by atoms with Crippen molar-refractivity contribution in [1.29, 1.82) is 0 Å². The second kappa shape index (κ2) is 18.3. The number of pyridine rings is 2. The van der Waals surface area contributed by atoms with Gasteiger partial charge in [0.15, 0.2) is 5.75 Å². The summed E-state index contributed by atoms with van der Waals surface area (Å²) in [6.07, 6.45) is 4.99. The molecular formula is C45H58F5N7O9S2. The fourth-order valence-electron chi connectivity index (χ4n) is 9.39. The highest BCUT2D eigenvalue weighted by molar-refractivity contribution is 7.92. The normalized spacial score (nSPS) is 20.0. The number of ether oxygens (including phenoxy) is 1. The number of hydrogen-bond acceptors (Lipinski definition) is 12. The molecule has 4 aliphatic rings. The van der Waals surface area contributed by atoms with Crippen LogP contribution in [0.4, 0.5) is 43.8 Å². The predicted molar refractivity (Wildman–Crippen MR) is 250 cm³/mol. The number of aromatic nitrogens is 2. The Morgan fingerprint density at radius 1 is 0.765 bits per heavy atom. The molecule has 8 rings (SSSR count). The summed E-state index contributed by atoms with van der Waals surface area (Å²) in [6.45, 7) is 14.5. The van der Waals surface area contributed by atoms with Crippen LogP contribution in [0, 0.1) is 37.3 Å². The van der Waals surface area contributed by atoms with Crippen molar-refractivity contribution in [2.75, 3.05) is 47.0 Å². The zero-order valence-electron chi connectivity index (χ0n) is 39.1. The van der Waals surface area contributed by atoms with E-state index in [1.54, 1.807) is 30.2 Å². The Morgan fingerprint density at radius 2 is 1.24 bits per heavy atom. The van der Waals surface area contributed by atoms with E-state index in [-0.39, 0.29) is 69.4 Å². The quantitative estimate of drug-likeness (QED) is 0.0784. The van der Waals surface area contributed by atoms with E-state index in [1.165, 1.54) is 23.6 Å². The van der Waals surface area contributed by atoms with Gasteiger partial charge in [-0.15, -0.1) is 0 Å². The number of carbonyl (C=O) groups excluding carboxylic acids is 1. The monoisotopic (exact) mass is 999 g/mol. The average Bonchev–Trinajstić information content (AvgIpc) is 4.11. The molecule has 0 spiro atoms. The number of nitrogens with two attached hydrogens (primary N) is 1. The third-order valence-electron chi connectivity index (χ3n) is 12.8. The van der Waals surface area contributed by atoms with Gasteiger partial charge in [-0.25, -0.2) is 22.0 Å². The molecule has 0 bridgehead atoms. The molecule has 4 fully saturated rings. The highest BCUT2D eigenvalue weighted by atomic mass is 32.2. The van der Waals surface area contributed by atoms with Crippen LogP contribution in [-0.2, 0) is 24.9 Å². The van der Waals surface area contributed by atoms with Gasteiger partial charge in [0.2, 0.25) is 10.0 Å². The molecule has 0 radical (unpaired) electrons. The van der Waals surface area contributed by atoms with Gasteiger partial charge in [-0.2, -0.15) is 21.6 Å². The fourth-order valence-corrected chi connectivity index (χ4v) is 10.4. The summed E-state index contributed by atoms with van der Waals surface area (Å²) in [5.41, 5.74) is 1.03. The summed E-state index contributed by atoms with van der Waals surface area (Å²) < 4.78 is 132. The summed E-state index contributed by atoms with van der Waals surface area (Å²) in [7, 11) is -9.71. The van der Waals surface area contributed by atoms with E-state index in [1.807, 2.05) is 25.7 Å². The molecule has 2 saturated carbocycles. The van der Waals surface area contributed by atoms with Crippen LogP contribution in [0.5, 0.6) is 5.75 Å². The first kappa shape index (κ1) is 50.7. The SMILES string of the molecule is Cc1c(N2CC[C@@H]([C@H](C)N)C2)c(F)cc2c(NS(C)(=O)=O)cc(=O)n(C3CC3)c12.Cc1c(N2CC[C@@H]([C@H](C)NC(=O)OC(C)(C)C)C2)c(F)cc2c(OS(=O)(=O)C(F)(F)F)cc(=O)n(C3CC3)c12. The minimum absolute atomic E-state index is 0.0269. The molecule has 1 amide bonds. The Bertz CT molecular complexity index is 3000. The number of hydrogen-bond donors (Lipinski definition) is 3. The summed E-state index contributed by atoms with van der Waals surface area (Å²) in [5.74, 6) is -1.88. The van der Waals surface area contributed by atoms with E-state index in [9.17, 15) is 44.4 Å². The molecule has 2 saturated heterocycles. The Labute approximate surface area is 391 Å². The maximum Gasteiger partial charge on any atom is 0.534 e. The van der Waals surface area contributed by atoms with Crippen LogP contribution >= 0.6 is 0 Å². The maximum absolute atomic E-state index is 15.6. The van der Waals surface area contributed by atoms with Gasteiger partial charge in [-0.05, 0) is 122 Å². The molecule has 2 aromatic heterocycles. The standard InChI is InChI=1S/C25H31F4N3O6S.C20H27FN4O3S/c1-13-21-17(19(38-39(35,36)25(27,28)29)11-20(33)32(21)16-6-7-16)10-18(26)22(13)31-9-8-15(12-31)14(2)30-23(34)37-24(3,4)5;1-11-19-15(8-16(21)20(11)24-7-6-13(10-24)12(2)22)17(23-29(3,27)28)9-18(26)25(19)14-4-5-14/h10-11,14-16H,6-9,12H2,1-5H3,(H,30,34);8-9,12-14,23H,4-7,10,22H2,1-3H3/t14-,15+;12-,13+/m00/s1. The number of sulfonamides is 1. The van der Waals surface area contributed by atoms with E-state index in [0.29, 0.717) is 73.7 Å². The van der Waals surface area contributed by atoms with Gasteiger partial charge in [-0.3, -0.25) is 14.3 Å². The van der Waals surface area contributed by atoms with Gasteiger partial charge >= 0.3 is 21.7 Å². The molecule has 374 valence electrons. The van der Waals surface area contributed by atoms with Crippen molar-refractivity contribution in [1.82, 2.24) is 14.5 Å². The van der Waals surface area contributed by atoms with Crippen molar-refractivity contribution < 1.29 is 52.5 Å². The number of amides is 1. The van der Waals surface area contributed by atoms with Gasteiger partial charge in [0.1, 0.15) is 17.2 Å². The molecule has 4 aromatic rings. The van der Waals surface area contributed by atoms with Crippen LogP contribution < -0.4 is 40.9 Å². The molecule has 4 N–H and O–H groups in total. The number of nitrogens with zero attached hydrogens (tertiary/aromatic N) is 4. The number of halogens is 5. The number of nitrogens with one attached hydrogen (secondary N) is 2. The molecule has 2 aromatic carbocycles. The van der Waals surface area contributed by atoms with Gasteiger partial charge in [-0.1, -0.05) is 0 Å². The Morgan fingerprint density at radius 3 is 1.69 bits per heavy atom. The van der Waals surface area contributed by atoms with Crippen LogP contribution in [0.3, 0.4) is 0 Å². The van der Waals surface area contributed by atoms with Crippen molar-refractivity contribution in [2.24, 2.45) is 17.6 Å². The van der Waals surface area contributed by atoms with Crippen molar-refractivity contribution in [3.05, 3.63) is 67.7 Å². The van der Waals surface area contributed by atoms with Crippen molar-refractivity contribution in [2.45, 2.75) is 122 Å². The number of benzene rings is 2. The minimum atomic E-state index is -6.09. The average molecular weight is 1000 g/mol. The zero-order chi connectivity index (χ0) is 50.2. The second-order valence-electron chi connectivity index (χ2n) is 19.5. The van der Waals surface area contributed by atoms with Gasteiger partial charge in [0, 0.05) is 73.3 Å². The Kier molecular flexibility index (Phi) is 13.6. The summed E-state index contributed by atoms with van der Waals surface area (Å²) in [5, 5.41) is 2.96. The topological polar surface area (TPSA) is 204 Å². The third-order valence-corrected chi connectivity index (χ3v) is 14.4. The van der Waals surface area contributed by atoms with Crippen LogP contribution in [0.1, 0.15) is 96.4 Å². The molecular weight excluding hydrogens is 942 g/mol. The third kappa shape index (κ3) is 10.7.